The minimum absolute atomic E-state index is 0.0150. The first-order chi connectivity index (χ1) is 12.8. The van der Waals surface area contributed by atoms with E-state index in [9.17, 15) is 0 Å². The number of rotatable bonds is 5. The second-order valence-corrected chi connectivity index (χ2v) is 7.02. The first-order valence-corrected chi connectivity index (χ1v) is 9.53. The molecule has 0 aromatic heterocycles. The normalized spacial score (nSPS) is 22.3. The molecule has 0 bridgehead atoms. The summed E-state index contributed by atoms with van der Waals surface area (Å²) in [7, 11) is 0. The molecule has 1 atom stereocenters. The smallest absolute Gasteiger partial charge is 0.163 e. The Bertz CT molecular complexity index is 713. The molecule has 3 aliphatic heterocycles. The van der Waals surface area contributed by atoms with Crippen LogP contribution in [0.2, 0.25) is 0 Å². The molecular formula is C18H22BrN5O2. The fourth-order valence-corrected chi connectivity index (χ4v) is 3.47. The number of hydrogen-bond donors (Lipinski definition) is 2. The van der Waals surface area contributed by atoms with E-state index in [-0.39, 0.29) is 6.17 Å². The number of amidine groups is 1. The number of nitrogens with one attached hydrogen (secondary N) is 2. The standard InChI is InChI=1S/C18H22BrN5O2/c19-16-13-21-17(18-20-5-6-24(16)18)22-14-1-3-15(4-2-14)26-12-9-23-7-10-25-11-8-23/h1-6,13,18,20H,7-12H2,(H,21,22). The Kier molecular flexibility index (Phi) is 5.42. The highest BCUT2D eigenvalue weighted by atomic mass is 79.9. The van der Waals surface area contributed by atoms with Gasteiger partial charge in [-0.3, -0.25) is 4.90 Å². The third-order valence-electron chi connectivity index (χ3n) is 4.49. The minimum atomic E-state index is -0.0150. The van der Waals surface area contributed by atoms with Crippen LogP contribution in [-0.2, 0) is 4.74 Å². The molecule has 3 heterocycles. The van der Waals surface area contributed by atoms with Gasteiger partial charge in [-0.2, -0.15) is 0 Å². The molecule has 1 saturated heterocycles. The number of fused-ring (bicyclic) bond motifs is 1. The van der Waals surface area contributed by atoms with Gasteiger partial charge in [-0.1, -0.05) is 0 Å². The van der Waals surface area contributed by atoms with Crippen LogP contribution in [0.25, 0.3) is 0 Å². The molecule has 4 rings (SSSR count). The van der Waals surface area contributed by atoms with E-state index in [1.807, 2.05) is 36.7 Å². The molecule has 2 N–H and O–H groups in total. The van der Waals surface area contributed by atoms with Crippen LogP contribution in [0.15, 0.2) is 52.5 Å². The predicted molar refractivity (Wildman–Crippen MR) is 105 cm³/mol. The monoisotopic (exact) mass is 419 g/mol. The summed E-state index contributed by atoms with van der Waals surface area (Å²) in [5, 5.41) is 6.64. The van der Waals surface area contributed by atoms with Crippen molar-refractivity contribution in [3.63, 3.8) is 0 Å². The summed E-state index contributed by atoms with van der Waals surface area (Å²) in [5.74, 6) is 1.72. The summed E-state index contributed by atoms with van der Waals surface area (Å²) >= 11 is 3.50. The second-order valence-electron chi connectivity index (χ2n) is 6.21. The van der Waals surface area contributed by atoms with Crippen molar-refractivity contribution in [2.24, 2.45) is 4.99 Å². The molecule has 0 radical (unpaired) electrons. The van der Waals surface area contributed by atoms with Crippen LogP contribution < -0.4 is 15.4 Å². The number of ether oxygens (including phenoxy) is 2. The lowest BCUT2D eigenvalue weighted by molar-refractivity contribution is 0.0322. The van der Waals surface area contributed by atoms with Gasteiger partial charge in [0.25, 0.3) is 0 Å². The largest absolute Gasteiger partial charge is 0.492 e. The lowest BCUT2D eigenvalue weighted by atomic mass is 10.2. The van der Waals surface area contributed by atoms with Gasteiger partial charge >= 0.3 is 0 Å². The van der Waals surface area contributed by atoms with E-state index in [0.29, 0.717) is 6.61 Å². The van der Waals surface area contributed by atoms with Crippen molar-refractivity contribution in [1.82, 2.24) is 15.1 Å². The number of halogens is 1. The maximum atomic E-state index is 5.85. The van der Waals surface area contributed by atoms with Gasteiger partial charge in [0.05, 0.1) is 19.4 Å². The zero-order chi connectivity index (χ0) is 17.8. The van der Waals surface area contributed by atoms with Gasteiger partial charge in [0, 0.05) is 37.7 Å². The Morgan fingerprint density at radius 2 is 2.08 bits per heavy atom. The van der Waals surface area contributed by atoms with Gasteiger partial charge in [-0.05, 0) is 40.2 Å². The zero-order valence-corrected chi connectivity index (χ0v) is 16.0. The van der Waals surface area contributed by atoms with Crippen molar-refractivity contribution in [3.8, 4) is 5.75 Å². The maximum absolute atomic E-state index is 5.85. The average Bonchev–Trinajstić information content (AvgIpc) is 3.17. The van der Waals surface area contributed by atoms with Crippen LogP contribution >= 0.6 is 15.9 Å². The van der Waals surface area contributed by atoms with Crippen molar-refractivity contribution in [1.29, 1.82) is 0 Å². The zero-order valence-electron chi connectivity index (χ0n) is 14.4. The van der Waals surface area contributed by atoms with Gasteiger partial charge in [-0.25, -0.2) is 4.99 Å². The van der Waals surface area contributed by atoms with Crippen LogP contribution in [0.4, 0.5) is 5.69 Å². The van der Waals surface area contributed by atoms with E-state index >= 15 is 0 Å². The van der Waals surface area contributed by atoms with Crippen molar-refractivity contribution in [2.75, 3.05) is 44.8 Å². The molecule has 1 fully saturated rings. The van der Waals surface area contributed by atoms with Gasteiger partial charge in [0.2, 0.25) is 0 Å². The molecule has 3 aliphatic rings. The Labute approximate surface area is 161 Å². The summed E-state index contributed by atoms with van der Waals surface area (Å²) < 4.78 is 12.1. The Morgan fingerprint density at radius 1 is 1.27 bits per heavy atom. The highest BCUT2D eigenvalue weighted by Gasteiger charge is 2.28. The Hall–Kier alpha value is -2.03. The van der Waals surface area contributed by atoms with Crippen molar-refractivity contribution in [2.45, 2.75) is 6.17 Å². The molecule has 8 heteroatoms. The number of benzene rings is 1. The number of nitrogens with zero attached hydrogens (tertiary/aromatic N) is 3. The molecule has 0 amide bonds. The summed E-state index contributed by atoms with van der Waals surface area (Å²) in [6, 6.07) is 7.98. The van der Waals surface area contributed by atoms with Crippen molar-refractivity contribution >= 4 is 27.5 Å². The lowest BCUT2D eigenvalue weighted by Crippen LogP contribution is -2.46. The van der Waals surface area contributed by atoms with E-state index in [4.69, 9.17) is 9.47 Å². The van der Waals surface area contributed by atoms with E-state index in [0.717, 1.165) is 54.7 Å². The Balaban J connectivity index is 1.29. The molecule has 1 unspecified atom stereocenters. The number of hydrogen-bond acceptors (Lipinski definition) is 7. The van der Waals surface area contributed by atoms with Gasteiger partial charge in [-0.15, -0.1) is 0 Å². The summed E-state index contributed by atoms with van der Waals surface area (Å²) in [4.78, 5) is 8.91. The highest BCUT2D eigenvalue weighted by molar-refractivity contribution is 9.11. The highest BCUT2D eigenvalue weighted by Crippen LogP contribution is 2.25. The number of morpholine rings is 1. The van der Waals surface area contributed by atoms with Crippen LogP contribution in [-0.4, -0.2) is 61.3 Å². The van der Waals surface area contributed by atoms with E-state index in [1.165, 1.54) is 0 Å². The summed E-state index contributed by atoms with van der Waals surface area (Å²) in [6.07, 6.45) is 5.67. The Morgan fingerprint density at radius 3 is 2.88 bits per heavy atom. The SMILES string of the molecule is BrC1=CN=C(Nc2ccc(OCCN3CCOCC3)cc2)C2NC=CN12. The quantitative estimate of drug-likeness (QED) is 0.712. The minimum Gasteiger partial charge on any atom is -0.492 e. The average molecular weight is 420 g/mol. The molecule has 1 aromatic carbocycles. The van der Waals surface area contributed by atoms with E-state index in [2.05, 4.69) is 41.4 Å². The van der Waals surface area contributed by atoms with Crippen LogP contribution in [0.5, 0.6) is 5.75 Å². The first-order valence-electron chi connectivity index (χ1n) is 8.74. The van der Waals surface area contributed by atoms with E-state index in [1.54, 1.807) is 6.20 Å². The third-order valence-corrected chi connectivity index (χ3v) is 5.10. The molecule has 0 aliphatic carbocycles. The molecule has 138 valence electrons. The predicted octanol–water partition coefficient (Wildman–Crippen LogP) is 2.12. The summed E-state index contributed by atoms with van der Waals surface area (Å²) in [6.45, 7) is 5.22. The fraction of sp³-hybridized carbons (Fsp3) is 0.389. The molecule has 26 heavy (non-hydrogen) atoms. The van der Waals surface area contributed by atoms with Gasteiger partial charge in [0.15, 0.2) is 6.17 Å². The number of aliphatic imine (C=N–C) groups is 1. The number of anilines is 1. The van der Waals surface area contributed by atoms with Crippen LogP contribution in [0, 0.1) is 0 Å². The first kappa shape index (κ1) is 17.4. The molecule has 0 saturated carbocycles. The van der Waals surface area contributed by atoms with Crippen molar-refractivity contribution in [3.05, 3.63) is 47.5 Å². The van der Waals surface area contributed by atoms with Crippen LogP contribution in [0.3, 0.4) is 0 Å². The molecule has 7 nitrogen and oxygen atoms in total. The second kappa shape index (κ2) is 8.11. The maximum Gasteiger partial charge on any atom is 0.163 e. The van der Waals surface area contributed by atoms with Crippen molar-refractivity contribution < 1.29 is 9.47 Å². The van der Waals surface area contributed by atoms with Gasteiger partial charge < -0.3 is 25.0 Å². The lowest BCUT2D eigenvalue weighted by Gasteiger charge is -2.29. The molecule has 0 spiro atoms. The third kappa shape index (κ3) is 4.03. The molecule has 1 aromatic rings. The van der Waals surface area contributed by atoms with Crippen LogP contribution in [0.1, 0.15) is 0 Å². The van der Waals surface area contributed by atoms with E-state index < -0.39 is 0 Å². The van der Waals surface area contributed by atoms with Gasteiger partial charge in [0.1, 0.15) is 22.8 Å². The summed E-state index contributed by atoms with van der Waals surface area (Å²) in [5.41, 5.74) is 0.976. The fourth-order valence-electron chi connectivity index (χ4n) is 3.05. The topological polar surface area (TPSA) is 61.4 Å². The molecular weight excluding hydrogens is 398 g/mol.